The van der Waals surface area contributed by atoms with Crippen LogP contribution in [-0.2, 0) is 16.0 Å². The van der Waals surface area contributed by atoms with Gasteiger partial charge >= 0.3 is 5.97 Å². The van der Waals surface area contributed by atoms with E-state index in [4.69, 9.17) is 5.11 Å². The summed E-state index contributed by atoms with van der Waals surface area (Å²) in [5.74, 6) is 0.775. The minimum atomic E-state index is -0.811. The molecular weight excluding hydrogens is 396 g/mol. The molecule has 2 unspecified atom stereocenters. The van der Waals surface area contributed by atoms with E-state index in [1.165, 1.54) is 11.8 Å². The Bertz CT molecular complexity index is 649. The van der Waals surface area contributed by atoms with Gasteiger partial charge < -0.3 is 15.3 Å². The number of carbonyl (C=O) groups is 2. The number of rotatable bonds is 12. The highest BCUT2D eigenvalue weighted by molar-refractivity contribution is 8.01. The number of aliphatic hydroxyl groups is 2. The van der Waals surface area contributed by atoms with Crippen LogP contribution in [0.5, 0.6) is 0 Å². The van der Waals surface area contributed by atoms with Gasteiger partial charge in [-0.15, -0.1) is 11.8 Å². The SMILES string of the molecule is O=C(O)CSCCCSC1C(=O)C[C@@H](CO)[C@@H]1C=CC(O)Cc1ccccc1. The van der Waals surface area contributed by atoms with Crippen LogP contribution in [0.3, 0.4) is 0 Å². The molecule has 0 aliphatic heterocycles. The van der Waals surface area contributed by atoms with Crippen molar-refractivity contribution in [2.75, 3.05) is 23.9 Å². The Morgan fingerprint density at radius 1 is 1.25 bits per heavy atom. The predicted molar refractivity (Wildman–Crippen MR) is 115 cm³/mol. The zero-order valence-electron chi connectivity index (χ0n) is 15.8. The van der Waals surface area contributed by atoms with Crippen molar-refractivity contribution < 1.29 is 24.9 Å². The first-order valence-corrected chi connectivity index (χ1v) is 11.7. The minimum Gasteiger partial charge on any atom is -0.481 e. The third-order valence-corrected chi connectivity index (χ3v) is 7.20. The first-order valence-electron chi connectivity index (χ1n) is 9.46. The molecule has 0 spiro atoms. The molecule has 7 heteroatoms. The average Bonchev–Trinajstić information content (AvgIpc) is 2.98. The van der Waals surface area contributed by atoms with Crippen LogP contribution >= 0.6 is 23.5 Å². The summed E-state index contributed by atoms with van der Waals surface area (Å²) in [7, 11) is 0. The van der Waals surface area contributed by atoms with E-state index >= 15 is 0 Å². The van der Waals surface area contributed by atoms with E-state index in [2.05, 4.69) is 0 Å². The largest absolute Gasteiger partial charge is 0.481 e. The standard InChI is InChI=1S/C21H28O5S2/c22-13-16-12-19(24)21(28-10-4-9-27-14-20(25)26)18(16)8-7-17(23)11-15-5-2-1-3-6-15/h1-3,5-8,16-18,21-23H,4,9-14H2,(H,25,26)/t16-,17?,18-,21?/m0/s1. The number of hydrogen-bond donors (Lipinski definition) is 3. The summed E-state index contributed by atoms with van der Waals surface area (Å²) in [6.07, 6.45) is 4.73. The van der Waals surface area contributed by atoms with Gasteiger partial charge in [0.05, 0.1) is 17.1 Å². The minimum absolute atomic E-state index is 0.0406. The summed E-state index contributed by atoms with van der Waals surface area (Å²) in [6.45, 7) is -0.0406. The van der Waals surface area contributed by atoms with Crippen LogP contribution in [0, 0.1) is 11.8 Å². The molecule has 5 nitrogen and oxygen atoms in total. The van der Waals surface area contributed by atoms with E-state index in [-0.39, 0.29) is 35.2 Å². The van der Waals surface area contributed by atoms with Gasteiger partial charge in [0, 0.05) is 25.4 Å². The quantitative estimate of drug-likeness (QED) is 0.351. The topological polar surface area (TPSA) is 94.8 Å². The van der Waals surface area contributed by atoms with E-state index < -0.39 is 12.1 Å². The van der Waals surface area contributed by atoms with Crippen molar-refractivity contribution in [2.24, 2.45) is 11.8 Å². The molecule has 0 amide bonds. The molecule has 1 aliphatic rings. The number of aliphatic carboxylic acids is 1. The van der Waals surface area contributed by atoms with Crippen LogP contribution in [0.4, 0.5) is 0 Å². The van der Waals surface area contributed by atoms with E-state index in [0.29, 0.717) is 12.8 Å². The van der Waals surface area contributed by atoms with Gasteiger partial charge in [0.2, 0.25) is 0 Å². The van der Waals surface area contributed by atoms with E-state index in [1.54, 1.807) is 17.8 Å². The Morgan fingerprint density at radius 3 is 2.68 bits per heavy atom. The van der Waals surface area contributed by atoms with Crippen LogP contribution in [0.25, 0.3) is 0 Å². The van der Waals surface area contributed by atoms with Crippen molar-refractivity contribution in [3.8, 4) is 0 Å². The first-order chi connectivity index (χ1) is 13.5. The highest BCUT2D eigenvalue weighted by Crippen LogP contribution is 2.38. The van der Waals surface area contributed by atoms with Gasteiger partial charge in [-0.25, -0.2) is 0 Å². The smallest absolute Gasteiger partial charge is 0.313 e. The molecule has 1 saturated carbocycles. The molecule has 0 radical (unpaired) electrons. The van der Waals surface area contributed by atoms with Crippen molar-refractivity contribution in [1.82, 2.24) is 0 Å². The number of carbonyl (C=O) groups excluding carboxylic acids is 1. The monoisotopic (exact) mass is 424 g/mol. The third-order valence-electron chi connectivity index (χ3n) is 4.71. The number of ketones is 1. The molecule has 0 saturated heterocycles. The van der Waals surface area contributed by atoms with Crippen LogP contribution in [0.2, 0.25) is 0 Å². The average molecular weight is 425 g/mol. The molecule has 2 rings (SSSR count). The van der Waals surface area contributed by atoms with Gasteiger partial charge in [0.15, 0.2) is 0 Å². The second-order valence-corrected chi connectivity index (χ2v) is 9.28. The Balaban J connectivity index is 1.86. The summed E-state index contributed by atoms with van der Waals surface area (Å²) in [5.41, 5.74) is 1.05. The van der Waals surface area contributed by atoms with Gasteiger partial charge in [0.1, 0.15) is 5.78 Å². The maximum atomic E-state index is 12.4. The number of Topliss-reactive ketones (excluding diaryl/α,β-unsaturated/α-hetero) is 1. The van der Waals surface area contributed by atoms with Gasteiger partial charge in [-0.2, -0.15) is 11.8 Å². The Morgan fingerprint density at radius 2 is 2.00 bits per heavy atom. The molecule has 4 atom stereocenters. The van der Waals surface area contributed by atoms with Crippen LogP contribution in [-0.4, -0.2) is 62.3 Å². The molecular formula is C21H28O5S2. The summed E-state index contributed by atoms with van der Waals surface area (Å²) >= 11 is 2.96. The Hall–Kier alpha value is -1.28. The lowest BCUT2D eigenvalue weighted by atomic mass is 9.95. The number of carboxylic acids is 1. The molecule has 28 heavy (non-hydrogen) atoms. The number of carboxylic acid groups (broad SMARTS) is 1. The van der Waals surface area contributed by atoms with E-state index in [1.807, 2.05) is 36.4 Å². The number of aliphatic hydroxyl groups excluding tert-OH is 2. The highest BCUT2D eigenvalue weighted by Gasteiger charge is 2.40. The fourth-order valence-electron chi connectivity index (χ4n) is 3.33. The number of benzene rings is 1. The van der Waals surface area contributed by atoms with Gasteiger partial charge in [-0.1, -0.05) is 42.5 Å². The highest BCUT2D eigenvalue weighted by atomic mass is 32.2. The molecule has 0 aromatic heterocycles. The summed E-state index contributed by atoms with van der Waals surface area (Å²) in [5, 5.41) is 28.4. The van der Waals surface area contributed by atoms with E-state index in [0.717, 1.165) is 23.5 Å². The summed E-state index contributed by atoms with van der Waals surface area (Å²) in [4.78, 5) is 22.9. The molecule has 0 bridgehead atoms. The fourth-order valence-corrected chi connectivity index (χ4v) is 5.56. The molecule has 1 aliphatic carbocycles. The lowest BCUT2D eigenvalue weighted by molar-refractivity contribution is -0.133. The van der Waals surface area contributed by atoms with Crippen LogP contribution in [0.1, 0.15) is 18.4 Å². The number of thioether (sulfide) groups is 2. The molecule has 1 fully saturated rings. The lowest BCUT2D eigenvalue weighted by Crippen LogP contribution is -2.21. The van der Waals surface area contributed by atoms with Crippen molar-refractivity contribution in [2.45, 2.75) is 30.6 Å². The van der Waals surface area contributed by atoms with Gasteiger partial charge in [0.25, 0.3) is 0 Å². The zero-order chi connectivity index (χ0) is 20.4. The molecule has 0 heterocycles. The molecule has 3 N–H and O–H groups in total. The lowest BCUT2D eigenvalue weighted by Gasteiger charge is -2.19. The predicted octanol–water partition coefficient (Wildman–Crippen LogP) is 2.65. The number of hydrogen-bond acceptors (Lipinski definition) is 6. The van der Waals surface area contributed by atoms with Crippen molar-refractivity contribution in [3.63, 3.8) is 0 Å². The second kappa shape index (κ2) is 12.3. The van der Waals surface area contributed by atoms with Crippen LogP contribution in [0.15, 0.2) is 42.5 Å². The number of allylic oxidation sites excluding steroid dienone is 1. The fraction of sp³-hybridized carbons (Fsp3) is 0.524. The van der Waals surface area contributed by atoms with Gasteiger partial charge in [-0.3, -0.25) is 9.59 Å². The van der Waals surface area contributed by atoms with Gasteiger partial charge in [-0.05, 0) is 29.4 Å². The first kappa shape index (κ1) is 23.0. The summed E-state index contributed by atoms with van der Waals surface area (Å²) < 4.78 is 0. The van der Waals surface area contributed by atoms with Crippen LogP contribution < -0.4 is 0 Å². The summed E-state index contributed by atoms with van der Waals surface area (Å²) in [6, 6.07) is 9.74. The zero-order valence-corrected chi connectivity index (χ0v) is 17.4. The van der Waals surface area contributed by atoms with Crippen molar-refractivity contribution in [1.29, 1.82) is 0 Å². The molecule has 1 aromatic carbocycles. The maximum absolute atomic E-state index is 12.4. The van der Waals surface area contributed by atoms with E-state index in [9.17, 15) is 19.8 Å². The van der Waals surface area contributed by atoms with Crippen molar-refractivity contribution >= 4 is 35.3 Å². The Kier molecular flexibility index (Phi) is 10.1. The van der Waals surface area contributed by atoms with Crippen molar-refractivity contribution in [3.05, 3.63) is 48.0 Å². The second-order valence-electron chi connectivity index (χ2n) is 6.92. The molecule has 1 aromatic rings. The molecule has 154 valence electrons. The normalized spacial score (nSPS) is 23.4. The third kappa shape index (κ3) is 7.62. The Labute approximate surface area is 174 Å². The maximum Gasteiger partial charge on any atom is 0.313 e.